The highest BCUT2D eigenvalue weighted by molar-refractivity contribution is 8.00. The minimum absolute atomic E-state index is 0.127. The molecule has 0 heterocycles. The van der Waals surface area contributed by atoms with Crippen LogP contribution >= 0.6 is 11.8 Å². The van der Waals surface area contributed by atoms with Gasteiger partial charge in [0.05, 0.1) is 6.61 Å². The Balaban J connectivity index is 2.61. The Labute approximate surface area is 120 Å². The Kier molecular flexibility index (Phi) is 8.07. The summed E-state index contributed by atoms with van der Waals surface area (Å²) < 4.78 is 5.14. The van der Waals surface area contributed by atoms with Gasteiger partial charge in [-0.15, -0.1) is 11.8 Å². The van der Waals surface area contributed by atoms with Crippen LogP contribution < -0.4 is 0 Å². The molecule has 0 aliphatic heterocycles. The molecule has 0 aromatic heterocycles. The van der Waals surface area contributed by atoms with E-state index in [0.717, 1.165) is 24.2 Å². The van der Waals surface area contributed by atoms with E-state index in [1.165, 1.54) is 0 Å². The van der Waals surface area contributed by atoms with Crippen LogP contribution in [-0.2, 0) is 9.53 Å². The topological polar surface area (TPSA) is 26.3 Å². The molecule has 0 radical (unpaired) electrons. The minimum Gasteiger partial charge on any atom is -0.465 e. The van der Waals surface area contributed by atoms with E-state index >= 15 is 0 Å². The summed E-state index contributed by atoms with van der Waals surface area (Å²) in [7, 11) is 0. The molecule has 1 aromatic rings. The predicted octanol–water partition coefficient (Wildman–Crippen LogP) is 4.46. The molecule has 0 spiro atoms. The van der Waals surface area contributed by atoms with Crippen molar-refractivity contribution < 1.29 is 9.53 Å². The second-order valence-corrected chi connectivity index (χ2v) is 5.44. The number of unbranched alkanes of at least 4 members (excludes halogenated alkanes) is 1. The van der Waals surface area contributed by atoms with E-state index in [-0.39, 0.29) is 11.2 Å². The average molecular weight is 278 g/mol. The number of carbonyl (C=O) groups is 1. The van der Waals surface area contributed by atoms with Gasteiger partial charge in [0.1, 0.15) is 5.25 Å². The zero-order valence-corrected chi connectivity index (χ0v) is 12.5. The minimum atomic E-state index is -0.157. The molecule has 0 N–H and O–H groups in total. The van der Waals surface area contributed by atoms with Crippen molar-refractivity contribution in [3.8, 4) is 0 Å². The first-order valence-electron chi connectivity index (χ1n) is 6.81. The Hall–Kier alpha value is -1.22. The molecule has 0 amide bonds. The molecule has 0 saturated heterocycles. The van der Waals surface area contributed by atoms with Gasteiger partial charge in [-0.2, -0.15) is 0 Å². The lowest BCUT2D eigenvalue weighted by Crippen LogP contribution is -2.19. The van der Waals surface area contributed by atoms with Crippen LogP contribution in [0.15, 0.2) is 47.4 Å². The molecule has 0 aliphatic carbocycles. The number of hydrogen-bond acceptors (Lipinski definition) is 3. The first kappa shape index (κ1) is 15.8. The second kappa shape index (κ2) is 9.68. The summed E-state index contributed by atoms with van der Waals surface area (Å²) in [6.07, 6.45) is 7.13. The van der Waals surface area contributed by atoms with Crippen molar-refractivity contribution in [3.63, 3.8) is 0 Å². The zero-order chi connectivity index (χ0) is 13.9. The molecule has 2 nitrogen and oxygen atoms in total. The smallest absolute Gasteiger partial charge is 0.319 e. The van der Waals surface area contributed by atoms with Gasteiger partial charge in [-0.25, -0.2) is 0 Å². The Morgan fingerprint density at radius 3 is 2.63 bits per heavy atom. The van der Waals surface area contributed by atoms with Gasteiger partial charge in [0, 0.05) is 4.90 Å². The number of thioether (sulfide) groups is 1. The first-order valence-corrected chi connectivity index (χ1v) is 7.69. The highest BCUT2D eigenvalue weighted by atomic mass is 32.2. The fourth-order valence-electron chi connectivity index (χ4n) is 1.60. The van der Waals surface area contributed by atoms with Crippen molar-refractivity contribution in [1.29, 1.82) is 0 Å². The van der Waals surface area contributed by atoms with E-state index in [2.05, 4.69) is 19.1 Å². The monoisotopic (exact) mass is 278 g/mol. The maximum Gasteiger partial charge on any atom is 0.319 e. The quantitative estimate of drug-likeness (QED) is 0.399. The molecule has 0 fully saturated rings. The van der Waals surface area contributed by atoms with Gasteiger partial charge >= 0.3 is 5.97 Å². The molecule has 1 atom stereocenters. The summed E-state index contributed by atoms with van der Waals surface area (Å²) >= 11 is 1.57. The highest BCUT2D eigenvalue weighted by Gasteiger charge is 2.19. The Morgan fingerprint density at radius 2 is 2.00 bits per heavy atom. The second-order valence-electron chi connectivity index (χ2n) is 4.17. The van der Waals surface area contributed by atoms with Crippen LogP contribution in [0, 0.1) is 0 Å². The SMILES string of the molecule is CCC/C=C/CC(Sc1ccccc1)C(=O)OCC. The number of allylic oxidation sites excluding steroid dienone is 2. The number of benzene rings is 1. The lowest BCUT2D eigenvalue weighted by atomic mass is 10.2. The van der Waals surface area contributed by atoms with Crippen LogP contribution in [0.5, 0.6) is 0 Å². The van der Waals surface area contributed by atoms with Gasteiger partial charge in [-0.3, -0.25) is 4.79 Å². The summed E-state index contributed by atoms with van der Waals surface area (Å²) in [4.78, 5) is 13.0. The summed E-state index contributed by atoms with van der Waals surface area (Å²) in [5.41, 5.74) is 0. The predicted molar refractivity (Wildman–Crippen MR) is 81.4 cm³/mol. The Morgan fingerprint density at radius 1 is 1.26 bits per heavy atom. The molecule has 0 bridgehead atoms. The summed E-state index contributed by atoms with van der Waals surface area (Å²) in [6.45, 7) is 4.42. The van der Waals surface area contributed by atoms with Crippen LogP contribution in [0.4, 0.5) is 0 Å². The number of hydrogen-bond donors (Lipinski definition) is 0. The number of esters is 1. The standard InChI is InChI=1S/C16H22O2S/c1-3-5-6-10-13-15(16(17)18-4-2)19-14-11-8-7-9-12-14/h6-12,15H,3-5,13H2,1-2H3/b10-6+. The van der Waals surface area contributed by atoms with E-state index in [9.17, 15) is 4.79 Å². The summed E-state index contributed by atoms with van der Waals surface area (Å²) in [5, 5.41) is -0.157. The molecule has 1 rings (SSSR count). The van der Waals surface area contributed by atoms with Crippen LogP contribution in [-0.4, -0.2) is 17.8 Å². The zero-order valence-electron chi connectivity index (χ0n) is 11.7. The molecular weight excluding hydrogens is 256 g/mol. The first-order chi connectivity index (χ1) is 9.27. The molecule has 1 aromatic carbocycles. The van der Waals surface area contributed by atoms with Gasteiger partial charge in [0.25, 0.3) is 0 Å². The van der Waals surface area contributed by atoms with Crippen molar-refractivity contribution in [2.75, 3.05) is 6.61 Å². The lowest BCUT2D eigenvalue weighted by Gasteiger charge is -2.13. The van der Waals surface area contributed by atoms with Crippen molar-refractivity contribution in [1.82, 2.24) is 0 Å². The maximum atomic E-state index is 11.9. The third-order valence-corrected chi connectivity index (χ3v) is 3.76. The van der Waals surface area contributed by atoms with Crippen molar-refractivity contribution in [2.24, 2.45) is 0 Å². The summed E-state index contributed by atoms with van der Waals surface area (Å²) in [6, 6.07) is 9.98. The Bertz CT molecular complexity index is 387. The van der Waals surface area contributed by atoms with E-state index < -0.39 is 0 Å². The molecule has 0 saturated carbocycles. The van der Waals surface area contributed by atoms with Gasteiger partial charge in [-0.05, 0) is 31.9 Å². The fourth-order valence-corrected chi connectivity index (χ4v) is 2.61. The molecule has 0 aliphatic rings. The summed E-state index contributed by atoms with van der Waals surface area (Å²) in [5.74, 6) is -0.127. The van der Waals surface area contributed by atoms with Gasteiger partial charge in [0.15, 0.2) is 0 Å². The van der Waals surface area contributed by atoms with E-state index in [1.54, 1.807) is 11.8 Å². The number of ether oxygens (including phenoxy) is 1. The lowest BCUT2D eigenvalue weighted by molar-refractivity contribution is -0.142. The van der Waals surface area contributed by atoms with E-state index in [4.69, 9.17) is 4.74 Å². The third-order valence-electron chi connectivity index (χ3n) is 2.54. The molecule has 1 unspecified atom stereocenters. The van der Waals surface area contributed by atoms with E-state index in [1.807, 2.05) is 37.3 Å². The largest absolute Gasteiger partial charge is 0.465 e. The highest BCUT2D eigenvalue weighted by Crippen LogP contribution is 2.26. The van der Waals surface area contributed by atoms with Crippen molar-refractivity contribution in [2.45, 2.75) is 43.3 Å². The van der Waals surface area contributed by atoms with Crippen molar-refractivity contribution >= 4 is 17.7 Å². The molecule has 19 heavy (non-hydrogen) atoms. The molecule has 104 valence electrons. The molecule has 3 heteroatoms. The van der Waals surface area contributed by atoms with Crippen molar-refractivity contribution in [3.05, 3.63) is 42.5 Å². The van der Waals surface area contributed by atoms with Crippen LogP contribution in [0.2, 0.25) is 0 Å². The average Bonchev–Trinajstić information content (AvgIpc) is 2.43. The third kappa shape index (κ3) is 6.48. The van der Waals surface area contributed by atoms with E-state index in [0.29, 0.717) is 6.61 Å². The maximum absolute atomic E-state index is 11.9. The fraction of sp³-hybridized carbons (Fsp3) is 0.438. The van der Waals surface area contributed by atoms with Gasteiger partial charge in [-0.1, -0.05) is 43.7 Å². The number of carbonyl (C=O) groups excluding carboxylic acids is 1. The van der Waals surface area contributed by atoms with Gasteiger partial charge in [0.2, 0.25) is 0 Å². The van der Waals surface area contributed by atoms with Gasteiger partial charge < -0.3 is 4.74 Å². The van der Waals surface area contributed by atoms with Crippen LogP contribution in [0.3, 0.4) is 0 Å². The molecular formula is C16H22O2S. The van der Waals surface area contributed by atoms with Crippen LogP contribution in [0.1, 0.15) is 33.1 Å². The van der Waals surface area contributed by atoms with Crippen LogP contribution in [0.25, 0.3) is 0 Å². The normalized spacial score (nSPS) is 12.5. The number of rotatable bonds is 8.